The second-order valence-corrected chi connectivity index (χ2v) is 3.36. The highest BCUT2D eigenvalue weighted by atomic mass is 16.3. The van der Waals surface area contributed by atoms with Crippen LogP contribution in [0.1, 0.15) is 25.3 Å². The summed E-state index contributed by atoms with van der Waals surface area (Å²) >= 11 is 0. The number of hydrogen-bond donors (Lipinski definition) is 1. The molecule has 0 saturated carbocycles. The van der Waals surface area contributed by atoms with Crippen molar-refractivity contribution in [1.29, 1.82) is 0 Å². The standard InChI is InChI=1S/C13H16O/c1-3-5-11-13(14,4-2)12-9-7-6-8-10-12/h5-10,14H,1,4,11H2,2H3. The van der Waals surface area contributed by atoms with Gasteiger partial charge in [-0.15, -0.1) is 5.73 Å². The van der Waals surface area contributed by atoms with Gasteiger partial charge in [0.05, 0.1) is 5.60 Å². The van der Waals surface area contributed by atoms with E-state index in [-0.39, 0.29) is 0 Å². The molecule has 1 nitrogen and oxygen atoms in total. The van der Waals surface area contributed by atoms with E-state index in [4.69, 9.17) is 0 Å². The molecule has 74 valence electrons. The lowest BCUT2D eigenvalue weighted by Gasteiger charge is -2.25. The zero-order chi connectivity index (χ0) is 10.4. The Kier molecular flexibility index (Phi) is 3.70. The molecule has 1 N–H and O–H groups in total. The largest absolute Gasteiger partial charge is 0.385 e. The Morgan fingerprint density at radius 3 is 2.57 bits per heavy atom. The summed E-state index contributed by atoms with van der Waals surface area (Å²) in [6.45, 7) is 5.48. The fourth-order valence-corrected chi connectivity index (χ4v) is 1.46. The Morgan fingerprint density at radius 1 is 1.43 bits per heavy atom. The van der Waals surface area contributed by atoms with Crippen molar-refractivity contribution in [3.63, 3.8) is 0 Å². The van der Waals surface area contributed by atoms with Crippen LogP contribution in [0.15, 0.2) is 48.7 Å². The summed E-state index contributed by atoms with van der Waals surface area (Å²) in [5.41, 5.74) is 2.87. The van der Waals surface area contributed by atoms with Crippen LogP contribution in [-0.4, -0.2) is 5.11 Å². The summed E-state index contributed by atoms with van der Waals surface area (Å²) in [6.07, 6.45) is 3.03. The summed E-state index contributed by atoms with van der Waals surface area (Å²) in [5, 5.41) is 10.3. The highest BCUT2D eigenvalue weighted by Crippen LogP contribution is 2.28. The molecule has 0 aromatic heterocycles. The van der Waals surface area contributed by atoms with E-state index >= 15 is 0 Å². The molecule has 0 heterocycles. The Labute approximate surface area is 85.4 Å². The van der Waals surface area contributed by atoms with E-state index in [9.17, 15) is 5.11 Å². The molecule has 0 amide bonds. The lowest BCUT2D eigenvalue weighted by Crippen LogP contribution is -2.23. The molecule has 0 spiro atoms. The second kappa shape index (κ2) is 4.80. The van der Waals surface area contributed by atoms with Gasteiger partial charge in [-0.05, 0) is 18.1 Å². The first kappa shape index (κ1) is 10.8. The van der Waals surface area contributed by atoms with E-state index in [1.54, 1.807) is 6.08 Å². The normalized spacial score (nSPS) is 14.1. The molecule has 1 aromatic rings. The fraction of sp³-hybridized carbons (Fsp3) is 0.308. The monoisotopic (exact) mass is 188 g/mol. The molecule has 1 rings (SSSR count). The summed E-state index contributed by atoms with van der Waals surface area (Å²) < 4.78 is 0. The van der Waals surface area contributed by atoms with Crippen molar-refractivity contribution in [2.45, 2.75) is 25.4 Å². The third-order valence-corrected chi connectivity index (χ3v) is 2.48. The van der Waals surface area contributed by atoms with Crippen molar-refractivity contribution in [2.24, 2.45) is 0 Å². The van der Waals surface area contributed by atoms with Gasteiger partial charge < -0.3 is 5.11 Å². The van der Waals surface area contributed by atoms with Gasteiger partial charge in [0.2, 0.25) is 0 Å². The molecule has 14 heavy (non-hydrogen) atoms. The van der Waals surface area contributed by atoms with Crippen LogP contribution in [0.2, 0.25) is 0 Å². The molecule has 1 heteroatoms. The second-order valence-electron chi connectivity index (χ2n) is 3.36. The van der Waals surface area contributed by atoms with Gasteiger partial charge >= 0.3 is 0 Å². The Morgan fingerprint density at radius 2 is 2.07 bits per heavy atom. The van der Waals surface area contributed by atoms with Gasteiger partial charge in [0, 0.05) is 6.42 Å². The molecule has 0 bridgehead atoms. The first-order valence-electron chi connectivity index (χ1n) is 4.85. The van der Waals surface area contributed by atoms with Crippen molar-refractivity contribution < 1.29 is 5.11 Å². The van der Waals surface area contributed by atoms with Crippen molar-refractivity contribution in [2.75, 3.05) is 0 Å². The number of aliphatic hydroxyl groups is 1. The zero-order valence-electron chi connectivity index (χ0n) is 8.53. The van der Waals surface area contributed by atoms with Crippen LogP contribution in [0.5, 0.6) is 0 Å². The predicted octanol–water partition coefficient (Wildman–Crippen LogP) is 3.02. The molecule has 1 aromatic carbocycles. The number of rotatable bonds is 4. The van der Waals surface area contributed by atoms with Gasteiger partial charge in [0.25, 0.3) is 0 Å². The smallest absolute Gasteiger partial charge is 0.0934 e. The van der Waals surface area contributed by atoms with Crippen LogP contribution in [-0.2, 0) is 5.60 Å². The summed E-state index contributed by atoms with van der Waals surface area (Å²) in [5.74, 6) is 0. The van der Waals surface area contributed by atoms with Crippen molar-refractivity contribution in [3.05, 3.63) is 54.3 Å². The Hall–Kier alpha value is -1.30. The van der Waals surface area contributed by atoms with Crippen LogP contribution in [0.4, 0.5) is 0 Å². The van der Waals surface area contributed by atoms with Gasteiger partial charge in [-0.2, -0.15) is 0 Å². The van der Waals surface area contributed by atoms with Crippen molar-refractivity contribution >= 4 is 0 Å². The minimum Gasteiger partial charge on any atom is -0.385 e. The molecule has 0 aliphatic heterocycles. The molecular formula is C13H16O. The molecule has 1 unspecified atom stereocenters. The minimum atomic E-state index is -0.772. The minimum absolute atomic E-state index is 0.566. The molecule has 0 aliphatic rings. The predicted molar refractivity (Wildman–Crippen MR) is 59.0 cm³/mol. The van der Waals surface area contributed by atoms with Crippen LogP contribution < -0.4 is 0 Å². The third kappa shape index (κ3) is 2.35. The quantitative estimate of drug-likeness (QED) is 0.720. The first-order chi connectivity index (χ1) is 6.73. The molecule has 0 saturated heterocycles. The average molecular weight is 188 g/mol. The Bertz CT molecular complexity index is 322. The van der Waals surface area contributed by atoms with E-state index in [1.165, 1.54) is 0 Å². The van der Waals surface area contributed by atoms with Crippen LogP contribution >= 0.6 is 0 Å². The highest BCUT2D eigenvalue weighted by Gasteiger charge is 2.24. The Balaban J connectivity index is 2.95. The first-order valence-corrected chi connectivity index (χ1v) is 4.85. The van der Waals surface area contributed by atoms with Crippen LogP contribution in [0.25, 0.3) is 0 Å². The SMILES string of the molecule is C=C=CCC(O)(CC)c1ccccc1. The maximum absolute atomic E-state index is 10.3. The topological polar surface area (TPSA) is 20.2 Å². The zero-order valence-corrected chi connectivity index (χ0v) is 8.53. The van der Waals surface area contributed by atoms with Gasteiger partial charge in [-0.25, -0.2) is 0 Å². The van der Waals surface area contributed by atoms with E-state index in [0.717, 1.165) is 5.56 Å². The summed E-state index contributed by atoms with van der Waals surface area (Å²) in [6, 6.07) is 9.71. The van der Waals surface area contributed by atoms with Gasteiger partial charge in [0.15, 0.2) is 0 Å². The van der Waals surface area contributed by atoms with E-state index < -0.39 is 5.60 Å². The van der Waals surface area contributed by atoms with Crippen LogP contribution in [0, 0.1) is 0 Å². The lowest BCUT2D eigenvalue weighted by atomic mass is 9.88. The number of benzene rings is 1. The highest BCUT2D eigenvalue weighted by molar-refractivity contribution is 5.22. The van der Waals surface area contributed by atoms with Gasteiger partial charge in [-0.3, -0.25) is 0 Å². The number of hydrogen-bond acceptors (Lipinski definition) is 1. The van der Waals surface area contributed by atoms with Gasteiger partial charge in [-0.1, -0.05) is 43.8 Å². The van der Waals surface area contributed by atoms with Crippen molar-refractivity contribution in [1.82, 2.24) is 0 Å². The lowest BCUT2D eigenvalue weighted by molar-refractivity contribution is 0.0356. The molecular weight excluding hydrogens is 172 g/mol. The van der Waals surface area contributed by atoms with E-state index in [1.807, 2.05) is 37.3 Å². The van der Waals surface area contributed by atoms with E-state index in [2.05, 4.69) is 12.3 Å². The maximum Gasteiger partial charge on any atom is 0.0934 e. The maximum atomic E-state index is 10.3. The summed E-state index contributed by atoms with van der Waals surface area (Å²) in [4.78, 5) is 0. The summed E-state index contributed by atoms with van der Waals surface area (Å²) in [7, 11) is 0. The molecule has 0 radical (unpaired) electrons. The van der Waals surface area contributed by atoms with Gasteiger partial charge in [0.1, 0.15) is 0 Å². The van der Waals surface area contributed by atoms with Crippen LogP contribution in [0.3, 0.4) is 0 Å². The molecule has 0 aliphatic carbocycles. The molecule has 1 atom stereocenters. The van der Waals surface area contributed by atoms with Crippen molar-refractivity contribution in [3.8, 4) is 0 Å². The van der Waals surface area contributed by atoms with E-state index in [0.29, 0.717) is 12.8 Å². The molecule has 0 fully saturated rings. The fourth-order valence-electron chi connectivity index (χ4n) is 1.46. The third-order valence-electron chi connectivity index (χ3n) is 2.48. The average Bonchev–Trinajstić information content (AvgIpc) is 2.27.